The van der Waals surface area contributed by atoms with Crippen LogP contribution in [0.2, 0.25) is 5.02 Å². The first kappa shape index (κ1) is 17.3. The minimum Gasteiger partial charge on any atom is -0.378 e. The van der Waals surface area contributed by atoms with Gasteiger partial charge in [-0.05, 0) is 35.9 Å². The molecule has 0 spiro atoms. The molecule has 0 fully saturated rings. The molecule has 22 heavy (non-hydrogen) atoms. The van der Waals surface area contributed by atoms with E-state index in [0.717, 1.165) is 15.7 Å². The summed E-state index contributed by atoms with van der Waals surface area (Å²) in [5.74, 6) is 0. The minimum atomic E-state index is -3.65. The zero-order valence-corrected chi connectivity index (χ0v) is 15.3. The van der Waals surface area contributed by atoms with Crippen molar-refractivity contribution in [1.29, 1.82) is 0 Å². The van der Waals surface area contributed by atoms with E-state index in [2.05, 4.69) is 20.7 Å². The minimum absolute atomic E-state index is 0.0716. The molecule has 0 unspecified atom stereocenters. The topological polar surface area (TPSA) is 49.4 Å². The molecule has 0 amide bonds. The average Bonchev–Trinajstić information content (AvgIpc) is 2.45. The summed E-state index contributed by atoms with van der Waals surface area (Å²) in [5, 5.41) is 0.185. The Balaban J connectivity index is 2.12. The second-order valence-electron chi connectivity index (χ2n) is 4.96. The van der Waals surface area contributed by atoms with Gasteiger partial charge in [-0.25, -0.2) is 13.1 Å². The first-order valence-electron chi connectivity index (χ1n) is 6.50. The van der Waals surface area contributed by atoms with E-state index >= 15 is 0 Å². The lowest BCUT2D eigenvalue weighted by Gasteiger charge is -2.13. The summed E-state index contributed by atoms with van der Waals surface area (Å²) in [6.45, 7) is 0.211. The zero-order chi connectivity index (χ0) is 16.3. The van der Waals surface area contributed by atoms with Crippen LogP contribution < -0.4 is 9.62 Å². The van der Waals surface area contributed by atoms with E-state index in [0.29, 0.717) is 0 Å². The molecule has 0 bridgehead atoms. The quantitative estimate of drug-likeness (QED) is 0.829. The predicted molar refractivity (Wildman–Crippen MR) is 93.9 cm³/mol. The highest BCUT2D eigenvalue weighted by Crippen LogP contribution is 2.25. The first-order valence-corrected chi connectivity index (χ1v) is 9.16. The molecule has 0 radical (unpaired) electrons. The molecule has 0 aliphatic heterocycles. The van der Waals surface area contributed by atoms with Crippen molar-refractivity contribution in [2.45, 2.75) is 11.4 Å². The number of sulfonamides is 1. The fourth-order valence-corrected chi connectivity index (χ4v) is 3.91. The standard InChI is InChI=1S/C15H16BrClN2O2S/c1-19(2)13-6-3-11(4-7-13)10-18-22(20,21)15-8-5-12(16)9-14(15)17/h3-9,18H,10H2,1-2H3. The van der Waals surface area contributed by atoms with Crippen molar-refractivity contribution in [3.63, 3.8) is 0 Å². The number of hydrogen-bond donors (Lipinski definition) is 1. The molecule has 1 N–H and O–H groups in total. The predicted octanol–water partition coefficient (Wildman–Crippen LogP) is 3.65. The van der Waals surface area contributed by atoms with Crippen LogP contribution in [0.5, 0.6) is 0 Å². The highest BCUT2D eigenvalue weighted by Gasteiger charge is 2.17. The molecule has 0 aliphatic rings. The largest absolute Gasteiger partial charge is 0.378 e. The van der Waals surface area contributed by atoms with Crippen LogP contribution in [0.25, 0.3) is 0 Å². The zero-order valence-electron chi connectivity index (χ0n) is 12.2. The molecule has 4 nitrogen and oxygen atoms in total. The fraction of sp³-hybridized carbons (Fsp3) is 0.200. The summed E-state index contributed by atoms with van der Waals surface area (Å²) < 4.78 is 27.9. The van der Waals surface area contributed by atoms with Gasteiger partial charge in [0.15, 0.2) is 0 Å². The van der Waals surface area contributed by atoms with Crippen LogP contribution in [-0.2, 0) is 16.6 Å². The summed E-state index contributed by atoms with van der Waals surface area (Å²) in [7, 11) is 0.258. The maximum atomic E-state index is 12.3. The molecule has 7 heteroatoms. The van der Waals surface area contributed by atoms with Crippen molar-refractivity contribution in [3.05, 3.63) is 57.5 Å². The second-order valence-corrected chi connectivity index (χ2v) is 8.02. The van der Waals surface area contributed by atoms with Crippen LogP contribution in [0.15, 0.2) is 51.8 Å². The molecule has 118 valence electrons. The number of hydrogen-bond acceptors (Lipinski definition) is 3. The Morgan fingerprint density at radius 1 is 1.14 bits per heavy atom. The molecule has 2 aromatic rings. The normalized spacial score (nSPS) is 11.5. The highest BCUT2D eigenvalue weighted by atomic mass is 79.9. The lowest BCUT2D eigenvalue weighted by atomic mass is 10.2. The number of benzene rings is 2. The highest BCUT2D eigenvalue weighted by molar-refractivity contribution is 9.10. The molecule has 0 saturated heterocycles. The van der Waals surface area contributed by atoms with Gasteiger partial charge in [-0.15, -0.1) is 0 Å². The van der Waals surface area contributed by atoms with Crippen molar-refractivity contribution in [3.8, 4) is 0 Å². The Morgan fingerprint density at radius 2 is 1.77 bits per heavy atom. The Bertz CT molecular complexity index is 762. The van der Waals surface area contributed by atoms with E-state index in [1.807, 2.05) is 43.3 Å². The number of anilines is 1. The maximum absolute atomic E-state index is 12.3. The Morgan fingerprint density at radius 3 is 2.32 bits per heavy atom. The lowest BCUT2D eigenvalue weighted by molar-refractivity contribution is 0.581. The van der Waals surface area contributed by atoms with Gasteiger partial charge in [0, 0.05) is 30.8 Å². The van der Waals surface area contributed by atoms with Crippen LogP contribution in [0.1, 0.15) is 5.56 Å². The first-order chi connectivity index (χ1) is 10.3. The smallest absolute Gasteiger partial charge is 0.242 e. The second kappa shape index (κ2) is 7.00. The van der Waals surface area contributed by atoms with Crippen molar-refractivity contribution in [2.24, 2.45) is 0 Å². The van der Waals surface area contributed by atoms with Gasteiger partial charge in [-0.2, -0.15) is 0 Å². The molecule has 2 aromatic carbocycles. The SMILES string of the molecule is CN(C)c1ccc(CNS(=O)(=O)c2ccc(Br)cc2Cl)cc1. The number of nitrogens with one attached hydrogen (secondary N) is 1. The van der Waals surface area contributed by atoms with E-state index in [9.17, 15) is 8.42 Å². The van der Waals surface area contributed by atoms with Crippen molar-refractivity contribution >= 4 is 43.2 Å². The maximum Gasteiger partial charge on any atom is 0.242 e. The Hall–Kier alpha value is -1.08. The number of rotatable bonds is 5. The Kier molecular flexibility index (Phi) is 5.50. The van der Waals surface area contributed by atoms with Gasteiger partial charge in [0.25, 0.3) is 0 Å². The summed E-state index contributed by atoms with van der Waals surface area (Å²) in [6.07, 6.45) is 0. The van der Waals surface area contributed by atoms with Gasteiger partial charge in [-0.1, -0.05) is 39.7 Å². The molecule has 0 atom stereocenters. The molecule has 0 aromatic heterocycles. The van der Waals surface area contributed by atoms with Crippen molar-refractivity contribution < 1.29 is 8.42 Å². The number of nitrogens with zero attached hydrogens (tertiary/aromatic N) is 1. The molecule has 0 saturated carbocycles. The Labute approximate surface area is 144 Å². The molecular weight excluding hydrogens is 388 g/mol. The van der Waals surface area contributed by atoms with Crippen molar-refractivity contribution in [2.75, 3.05) is 19.0 Å². The fourth-order valence-electron chi connectivity index (χ4n) is 1.86. The molecule has 2 rings (SSSR count). The summed E-state index contributed by atoms with van der Waals surface area (Å²) in [5.41, 5.74) is 1.94. The van der Waals surface area contributed by atoms with Crippen molar-refractivity contribution in [1.82, 2.24) is 4.72 Å². The van der Waals surface area contributed by atoms with Gasteiger partial charge in [-0.3, -0.25) is 0 Å². The van der Waals surface area contributed by atoms with E-state index < -0.39 is 10.0 Å². The van der Waals surface area contributed by atoms with Crippen LogP contribution in [0.3, 0.4) is 0 Å². The summed E-state index contributed by atoms with van der Waals surface area (Å²) >= 11 is 9.25. The third-order valence-electron chi connectivity index (χ3n) is 3.10. The molecule has 0 aliphatic carbocycles. The van der Waals surface area contributed by atoms with Gasteiger partial charge in [0.05, 0.1) is 5.02 Å². The third-order valence-corrected chi connectivity index (χ3v) is 5.48. The van der Waals surface area contributed by atoms with Crippen LogP contribution >= 0.6 is 27.5 Å². The summed E-state index contributed by atoms with van der Waals surface area (Å²) in [6, 6.07) is 12.3. The molecule has 0 heterocycles. The monoisotopic (exact) mass is 402 g/mol. The third kappa shape index (κ3) is 4.23. The van der Waals surface area contributed by atoms with Gasteiger partial charge < -0.3 is 4.90 Å². The van der Waals surface area contributed by atoms with Gasteiger partial charge in [0.1, 0.15) is 4.90 Å². The van der Waals surface area contributed by atoms with Crippen LogP contribution in [0, 0.1) is 0 Å². The summed E-state index contributed by atoms with van der Waals surface area (Å²) in [4.78, 5) is 2.05. The van der Waals surface area contributed by atoms with Crippen LogP contribution in [0.4, 0.5) is 5.69 Å². The van der Waals surface area contributed by atoms with E-state index in [4.69, 9.17) is 11.6 Å². The van der Waals surface area contributed by atoms with E-state index in [-0.39, 0.29) is 16.5 Å². The lowest BCUT2D eigenvalue weighted by Crippen LogP contribution is -2.23. The van der Waals surface area contributed by atoms with Crippen LogP contribution in [-0.4, -0.2) is 22.5 Å². The molecular formula is C15H16BrClN2O2S. The average molecular weight is 404 g/mol. The van der Waals surface area contributed by atoms with Gasteiger partial charge in [0.2, 0.25) is 10.0 Å². The number of halogens is 2. The van der Waals surface area contributed by atoms with E-state index in [1.54, 1.807) is 12.1 Å². The van der Waals surface area contributed by atoms with E-state index in [1.165, 1.54) is 6.07 Å². The van der Waals surface area contributed by atoms with Gasteiger partial charge >= 0.3 is 0 Å².